The lowest BCUT2D eigenvalue weighted by Gasteiger charge is -2.24. The summed E-state index contributed by atoms with van der Waals surface area (Å²) in [7, 11) is 0. The number of aromatic nitrogens is 2. The molecule has 0 aliphatic heterocycles. The molecule has 0 radical (unpaired) electrons. The Morgan fingerprint density at radius 2 is 2.17 bits per heavy atom. The topological polar surface area (TPSA) is 88.3 Å². The van der Waals surface area contributed by atoms with Gasteiger partial charge in [0.15, 0.2) is 0 Å². The number of furan rings is 1. The zero-order valence-electron chi connectivity index (χ0n) is 13.9. The monoisotopic (exact) mass is 330 g/mol. The zero-order valence-corrected chi connectivity index (χ0v) is 13.9. The number of nitrogens with zero attached hydrogens (tertiary/aromatic N) is 3. The number of rotatable bonds is 8. The van der Waals surface area contributed by atoms with Crippen molar-refractivity contribution in [1.29, 1.82) is 0 Å². The van der Waals surface area contributed by atoms with Crippen molar-refractivity contribution < 1.29 is 14.0 Å². The van der Waals surface area contributed by atoms with Gasteiger partial charge in [-0.2, -0.15) is 0 Å². The van der Waals surface area contributed by atoms with E-state index in [2.05, 4.69) is 15.3 Å². The highest BCUT2D eigenvalue weighted by Crippen LogP contribution is 2.06. The van der Waals surface area contributed by atoms with E-state index in [-0.39, 0.29) is 29.8 Å². The lowest BCUT2D eigenvalue weighted by Crippen LogP contribution is -2.38. The molecule has 2 rings (SSSR count). The molecule has 0 atom stereocenters. The van der Waals surface area contributed by atoms with Crippen LogP contribution in [-0.2, 0) is 11.3 Å². The maximum Gasteiger partial charge on any atom is 0.274 e. The van der Waals surface area contributed by atoms with E-state index in [1.807, 2.05) is 13.8 Å². The van der Waals surface area contributed by atoms with Crippen LogP contribution in [0.3, 0.4) is 0 Å². The maximum atomic E-state index is 12.5. The highest BCUT2D eigenvalue weighted by Gasteiger charge is 2.19. The molecule has 2 aromatic rings. The van der Waals surface area contributed by atoms with Crippen molar-refractivity contribution in [1.82, 2.24) is 20.2 Å². The fourth-order valence-corrected chi connectivity index (χ4v) is 2.21. The van der Waals surface area contributed by atoms with Gasteiger partial charge >= 0.3 is 0 Å². The number of hydrogen-bond donors (Lipinski definition) is 1. The van der Waals surface area contributed by atoms with Gasteiger partial charge in [-0.25, -0.2) is 4.98 Å². The Balaban J connectivity index is 1.88. The van der Waals surface area contributed by atoms with Gasteiger partial charge in [-0.15, -0.1) is 0 Å². The predicted octanol–water partition coefficient (Wildman–Crippen LogP) is 1.87. The Bertz CT molecular complexity index is 641. The lowest BCUT2D eigenvalue weighted by molar-refractivity contribution is -0.121. The fourth-order valence-electron chi connectivity index (χ4n) is 2.21. The third-order valence-electron chi connectivity index (χ3n) is 3.30. The second-order valence-electron chi connectivity index (χ2n) is 5.84. The van der Waals surface area contributed by atoms with Crippen molar-refractivity contribution in [2.45, 2.75) is 26.8 Å². The second kappa shape index (κ2) is 8.81. The smallest absolute Gasteiger partial charge is 0.274 e. The van der Waals surface area contributed by atoms with E-state index in [0.29, 0.717) is 25.4 Å². The SMILES string of the molecule is CC(C)CN(CCC(=O)NCc1ccco1)C(=O)c1cnccn1. The molecule has 2 amide bonds. The molecule has 128 valence electrons. The van der Waals surface area contributed by atoms with Crippen LogP contribution < -0.4 is 5.32 Å². The summed E-state index contributed by atoms with van der Waals surface area (Å²) in [6.07, 6.45) is 6.22. The van der Waals surface area contributed by atoms with E-state index in [0.717, 1.165) is 0 Å². The largest absolute Gasteiger partial charge is 0.467 e. The molecule has 0 saturated heterocycles. The number of amides is 2. The van der Waals surface area contributed by atoms with E-state index in [9.17, 15) is 9.59 Å². The summed E-state index contributed by atoms with van der Waals surface area (Å²) in [5, 5.41) is 2.77. The maximum absolute atomic E-state index is 12.5. The molecule has 2 aromatic heterocycles. The minimum atomic E-state index is -0.212. The highest BCUT2D eigenvalue weighted by atomic mass is 16.3. The predicted molar refractivity (Wildman–Crippen MR) is 87.9 cm³/mol. The molecule has 1 N–H and O–H groups in total. The van der Waals surface area contributed by atoms with Gasteiger partial charge in [0.25, 0.3) is 5.91 Å². The summed E-state index contributed by atoms with van der Waals surface area (Å²) in [4.78, 5) is 34.1. The zero-order chi connectivity index (χ0) is 17.4. The number of hydrogen-bond acceptors (Lipinski definition) is 5. The van der Waals surface area contributed by atoms with Crippen molar-refractivity contribution in [3.8, 4) is 0 Å². The molecule has 7 heteroatoms. The van der Waals surface area contributed by atoms with Crippen LogP contribution in [0.2, 0.25) is 0 Å². The van der Waals surface area contributed by atoms with E-state index < -0.39 is 0 Å². The number of nitrogens with one attached hydrogen (secondary N) is 1. The normalized spacial score (nSPS) is 10.6. The molecule has 0 spiro atoms. The van der Waals surface area contributed by atoms with Gasteiger partial charge in [0.1, 0.15) is 11.5 Å². The van der Waals surface area contributed by atoms with E-state index >= 15 is 0 Å². The fraction of sp³-hybridized carbons (Fsp3) is 0.412. The van der Waals surface area contributed by atoms with Crippen LogP contribution >= 0.6 is 0 Å². The highest BCUT2D eigenvalue weighted by molar-refractivity contribution is 5.92. The summed E-state index contributed by atoms with van der Waals surface area (Å²) >= 11 is 0. The molecule has 24 heavy (non-hydrogen) atoms. The summed E-state index contributed by atoms with van der Waals surface area (Å²) < 4.78 is 5.16. The first kappa shape index (κ1) is 17.7. The summed E-state index contributed by atoms with van der Waals surface area (Å²) in [6.45, 7) is 5.27. The molecular weight excluding hydrogens is 308 g/mol. The average Bonchev–Trinajstić information content (AvgIpc) is 3.10. The molecule has 0 unspecified atom stereocenters. The van der Waals surface area contributed by atoms with Crippen molar-refractivity contribution in [3.05, 3.63) is 48.4 Å². The van der Waals surface area contributed by atoms with Crippen LogP contribution in [0.15, 0.2) is 41.4 Å². The first-order valence-electron chi connectivity index (χ1n) is 7.90. The summed E-state index contributed by atoms with van der Waals surface area (Å²) in [5.74, 6) is 0.637. The third-order valence-corrected chi connectivity index (χ3v) is 3.30. The second-order valence-corrected chi connectivity index (χ2v) is 5.84. The molecule has 0 aliphatic carbocycles. The Hall–Kier alpha value is -2.70. The third kappa shape index (κ3) is 5.49. The van der Waals surface area contributed by atoms with Crippen LogP contribution in [0.25, 0.3) is 0 Å². The summed E-state index contributed by atoms with van der Waals surface area (Å²) in [5.41, 5.74) is 0.286. The van der Waals surface area contributed by atoms with Gasteiger partial charge in [0.2, 0.25) is 5.91 Å². The molecule has 0 bridgehead atoms. The minimum absolute atomic E-state index is 0.132. The van der Waals surface area contributed by atoms with Gasteiger partial charge in [-0.1, -0.05) is 13.8 Å². The Morgan fingerprint density at radius 3 is 2.79 bits per heavy atom. The van der Waals surface area contributed by atoms with E-state index in [1.165, 1.54) is 18.6 Å². The molecule has 0 aliphatic rings. The van der Waals surface area contributed by atoms with Crippen molar-refractivity contribution in [3.63, 3.8) is 0 Å². The van der Waals surface area contributed by atoms with Crippen molar-refractivity contribution in [2.75, 3.05) is 13.1 Å². The van der Waals surface area contributed by atoms with Gasteiger partial charge < -0.3 is 14.6 Å². The molecule has 0 saturated carbocycles. The van der Waals surface area contributed by atoms with Gasteiger partial charge in [0.05, 0.1) is 19.0 Å². The summed E-state index contributed by atoms with van der Waals surface area (Å²) in [6, 6.07) is 3.56. The van der Waals surface area contributed by atoms with Crippen molar-refractivity contribution >= 4 is 11.8 Å². The lowest BCUT2D eigenvalue weighted by atomic mass is 10.2. The first-order valence-corrected chi connectivity index (χ1v) is 7.90. The molecule has 0 fully saturated rings. The Morgan fingerprint density at radius 1 is 1.33 bits per heavy atom. The Labute approximate surface area is 141 Å². The molecule has 2 heterocycles. The van der Waals surface area contributed by atoms with Crippen LogP contribution in [0.4, 0.5) is 0 Å². The van der Waals surface area contributed by atoms with E-state index in [4.69, 9.17) is 4.42 Å². The van der Waals surface area contributed by atoms with Crippen LogP contribution in [-0.4, -0.2) is 39.8 Å². The average molecular weight is 330 g/mol. The Kier molecular flexibility index (Phi) is 6.48. The number of carbonyl (C=O) groups excluding carboxylic acids is 2. The standard InChI is InChI=1S/C17H22N4O3/c1-13(2)12-21(17(23)15-11-18-6-7-19-15)8-5-16(22)20-10-14-4-3-9-24-14/h3-4,6-7,9,11,13H,5,8,10,12H2,1-2H3,(H,20,22). The van der Waals surface area contributed by atoms with Crippen LogP contribution in [0.1, 0.15) is 36.5 Å². The number of carbonyl (C=O) groups is 2. The quantitative estimate of drug-likeness (QED) is 0.798. The van der Waals surface area contributed by atoms with E-state index in [1.54, 1.807) is 23.3 Å². The van der Waals surface area contributed by atoms with Gasteiger partial charge in [-0.05, 0) is 18.1 Å². The molecule has 0 aromatic carbocycles. The molecular formula is C17H22N4O3. The first-order chi connectivity index (χ1) is 11.6. The molecule has 7 nitrogen and oxygen atoms in total. The van der Waals surface area contributed by atoms with Crippen molar-refractivity contribution in [2.24, 2.45) is 5.92 Å². The van der Waals surface area contributed by atoms with Crippen LogP contribution in [0, 0.1) is 5.92 Å². The minimum Gasteiger partial charge on any atom is -0.467 e. The van der Waals surface area contributed by atoms with Crippen LogP contribution in [0.5, 0.6) is 0 Å². The van der Waals surface area contributed by atoms with Gasteiger partial charge in [-0.3, -0.25) is 14.6 Å². The van der Waals surface area contributed by atoms with Gasteiger partial charge in [0, 0.05) is 31.9 Å².